The third-order valence-corrected chi connectivity index (χ3v) is 3.70. The maximum Gasteiger partial charge on any atom is 0.327 e. The van der Waals surface area contributed by atoms with Crippen molar-refractivity contribution in [2.24, 2.45) is 5.92 Å². The Morgan fingerprint density at radius 2 is 2.16 bits per heavy atom. The van der Waals surface area contributed by atoms with Gasteiger partial charge in [0, 0.05) is 26.7 Å². The summed E-state index contributed by atoms with van der Waals surface area (Å²) < 4.78 is 0. The lowest BCUT2D eigenvalue weighted by Gasteiger charge is -2.20. The van der Waals surface area contributed by atoms with Gasteiger partial charge in [-0.3, -0.25) is 14.5 Å². The average molecular weight is 269 g/mol. The molecule has 0 saturated carbocycles. The molecule has 7 heteroatoms. The van der Waals surface area contributed by atoms with Crippen LogP contribution < -0.4 is 0 Å². The normalized spacial score (nSPS) is 23.7. The number of nitrogens with zero attached hydrogens (tertiary/aromatic N) is 3. The summed E-state index contributed by atoms with van der Waals surface area (Å²) >= 11 is 0. The van der Waals surface area contributed by atoms with Gasteiger partial charge in [-0.25, -0.2) is 4.79 Å². The number of carbonyl (C=O) groups is 3. The molecule has 0 aromatic heterocycles. The van der Waals surface area contributed by atoms with E-state index >= 15 is 0 Å². The van der Waals surface area contributed by atoms with Crippen LogP contribution in [0.5, 0.6) is 0 Å². The summed E-state index contributed by atoms with van der Waals surface area (Å²) in [5, 5.41) is 8.87. The lowest BCUT2D eigenvalue weighted by Crippen LogP contribution is -2.42. The monoisotopic (exact) mass is 269 g/mol. The summed E-state index contributed by atoms with van der Waals surface area (Å²) in [6.45, 7) is 1.23. The Labute approximate surface area is 111 Å². The second-order valence-corrected chi connectivity index (χ2v) is 5.13. The Morgan fingerprint density at radius 1 is 1.42 bits per heavy atom. The first kappa shape index (κ1) is 13.8. The van der Waals surface area contributed by atoms with Crippen molar-refractivity contribution in [2.75, 3.05) is 39.8 Å². The van der Waals surface area contributed by atoms with Gasteiger partial charge in [-0.15, -0.1) is 0 Å². The van der Waals surface area contributed by atoms with Gasteiger partial charge in [0.1, 0.15) is 13.1 Å². The van der Waals surface area contributed by atoms with Crippen molar-refractivity contribution >= 4 is 17.8 Å². The van der Waals surface area contributed by atoms with Gasteiger partial charge in [0.25, 0.3) is 5.91 Å². The molecular weight excluding hydrogens is 250 g/mol. The average Bonchev–Trinajstić information content (AvgIpc) is 2.91. The number of hydrogen-bond donors (Lipinski definition) is 1. The first-order valence-electron chi connectivity index (χ1n) is 6.47. The van der Waals surface area contributed by atoms with Crippen molar-refractivity contribution in [3.63, 3.8) is 0 Å². The summed E-state index contributed by atoms with van der Waals surface area (Å²) in [4.78, 5) is 39.2. The molecule has 2 heterocycles. The zero-order valence-corrected chi connectivity index (χ0v) is 11.0. The first-order chi connectivity index (χ1) is 9.02. The van der Waals surface area contributed by atoms with E-state index in [0.29, 0.717) is 25.4 Å². The topological polar surface area (TPSA) is 81.2 Å². The van der Waals surface area contributed by atoms with Gasteiger partial charge in [0.15, 0.2) is 0 Å². The van der Waals surface area contributed by atoms with Crippen LogP contribution in [0, 0.1) is 5.92 Å². The molecule has 2 aliphatic rings. The van der Waals surface area contributed by atoms with Gasteiger partial charge >= 0.3 is 6.03 Å². The standard InChI is InChI=1S/C12H19N3O4/c1-13-7-11(18)15(12(13)19)8-10(17)14-4-2-9(6-14)3-5-16/h9,16H,2-8H2,1H3. The van der Waals surface area contributed by atoms with Crippen LogP contribution in [0.3, 0.4) is 0 Å². The van der Waals surface area contributed by atoms with E-state index in [9.17, 15) is 14.4 Å². The Kier molecular flexibility index (Phi) is 4.04. The minimum atomic E-state index is -0.413. The highest BCUT2D eigenvalue weighted by Gasteiger charge is 2.36. The van der Waals surface area contributed by atoms with Crippen LogP contribution in [0.4, 0.5) is 4.79 Å². The number of aliphatic hydroxyl groups excluding tert-OH is 1. The van der Waals surface area contributed by atoms with Crippen molar-refractivity contribution in [3.05, 3.63) is 0 Å². The van der Waals surface area contributed by atoms with Crippen LogP contribution in [0.2, 0.25) is 0 Å². The lowest BCUT2D eigenvalue weighted by molar-refractivity contribution is -0.135. The zero-order valence-electron chi connectivity index (χ0n) is 11.0. The number of urea groups is 1. The fourth-order valence-corrected chi connectivity index (χ4v) is 2.54. The number of carbonyl (C=O) groups excluding carboxylic acids is 3. The lowest BCUT2D eigenvalue weighted by atomic mass is 10.1. The highest BCUT2D eigenvalue weighted by Crippen LogP contribution is 2.19. The first-order valence-corrected chi connectivity index (χ1v) is 6.47. The third-order valence-electron chi connectivity index (χ3n) is 3.70. The van der Waals surface area contributed by atoms with Crippen LogP contribution in [0.15, 0.2) is 0 Å². The molecule has 0 radical (unpaired) electrons. The molecule has 1 N–H and O–H groups in total. The van der Waals surface area contributed by atoms with Crippen LogP contribution in [0.25, 0.3) is 0 Å². The number of hydrogen-bond acceptors (Lipinski definition) is 4. The van der Waals surface area contributed by atoms with E-state index in [1.54, 1.807) is 4.90 Å². The fourth-order valence-electron chi connectivity index (χ4n) is 2.54. The molecule has 1 atom stereocenters. The number of aliphatic hydroxyl groups is 1. The van der Waals surface area contributed by atoms with E-state index in [-0.39, 0.29) is 31.5 Å². The summed E-state index contributed by atoms with van der Waals surface area (Å²) in [6.07, 6.45) is 1.56. The molecule has 2 fully saturated rings. The molecule has 0 aliphatic carbocycles. The van der Waals surface area contributed by atoms with Crippen molar-refractivity contribution < 1.29 is 19.5 Å². The number of imide groups is 1. The predicted molar refractivity (Wildman–Crippen MR) is 66.1 cm³/mol. The van der Waals surface area contributed by atoms with E-state index < -0.39 is 6.03 Å². The highest BCUT2D eigenvalue weighted by molar-refractivity contribution is 6.04. The van der Waals surface area contributed by atoms with Gasteiger partial charge in [-0.05, 0) is 18.8 Å². The Balaban J connectivity index is 1.88. The van der Waals surface area contributed by atoms with Crippen LogP contribution >= 0.6 is 0 Å². The molecule has 2 saturated heterocycles. The van der Waals surface area contributed by atoms with Gasteiger partial charge in [-0.2, -0.15) is 0 Å². The molecule has 0 bridgehead atoms. The van der Waals surface area contributed by atoms with Crippen molar-refractivity contribution in [2.45, 2.75) is 12.8 Å². The van der Waals surface area contributed by atoms with Crippen molar-refractivity contribution in [1.29, 1.82) is 0 Å². The highest BCUT2D eigenvalue weighted by atomic mass is 16.3. The quantitative estimate of drug-likeness (QED) is 0.671. The van der Waals surface area contributed by atoms with E-state index in [0.717, 1.165) is 11.3 Å². The van der Waals surface area contributed by atoms with E-state index in [4.69, 9.17) is 5.11 Å². The molecule has 19 heavy (non-hydrogen) atoms. The molecular formula is C12H19N3O4. The number of likely N-dealkylation sites (N-methyl/N-ethyl adjacent to an activating group) is 1. The minimum absolute atomic E-state index is 0.0409. The zero-order chi connectivity index (χ0) is 14.0. The Bertz CT molecular complexity index is 398. The predicted octanol–water partition coefficient (Wildman–Crippen LogP) is -0.889. The summed E-state index contributed by atoms with van der Waals surface area (Å²) in [5.74, 6) is -0.203. The smallest absolute Gasteiger partial charge is 0.327 e. The van der Waals surface area contributed by atoms with Crippen LogP contribution in [-0.2, 0) is 9.59 Å². The molecule has 2 aliphatic heterocycles. The molecule has 106 valence electrons. The largest absolute Gasteiger partial charge is 0.396 e. The van der Waals surface area contributed by atoms with Gasteiger partial charge in [-0.1, -0.05) is 0 Å². The van der Waals surface area contributed by atoms with Crippen molar-refractivity contribution in [1.82, 2.24) is 14.7 Å². The van der Waals surface area contributed by atoms with E-state index in [2.05, 4.69) is 0 Å². The second-order valence-electron chi connectivity index (χ2n) is 5.13. The fraction of sp³-hybridized carbons (Fsp3) is 0.750. The minimum Gasteiger partial charge on any atom is -0.396 e. The van der Waals surface area contributed by atoms with Gasteiger partial charge in [0.05, 0.1) is 0 Å². The number of rotatable bonds is 4. The Morgan fingerprint density at radius 3 is 2.74 bits per heavy atom. The molecule has 0 spiro atoms. The van der Waals surface area contributed by atoms with E-state index in [1.807, 2.05) is 0 Å². The maximum atomic E-state index is 12.0. The number of amides is 4. The van der Waals surface area contributed by atoms with Crippen LogP contribution in [-0.4, -0.2) is 77.5 Å². The van der Waals surface area contributed by atoms with Gasteiger partial charge < -0.3 is 14.9 Å². The molecule has 7 nitrogen and oxygen atoms in total. The molecule has 2 rings (SSSR count). The number of likely N-dealkylation sites (tertiary alicyclic amines) is 1. The molecule has 0 aromatic rings. The molecule has 4 amide bonds. The van der Waals surface area contributed by atoms with Crippen LogP contribution in [0.1, 0.15) is 12.8 Å². The van der Waals surface area contributed by atoms with Crippen molar-refractivity contribution in [3.8, 4) is 0 Å². The Hall–Kier alpha value is -1.63. The summed E-state index contributed by atoms with van der Waals surface area (Å²) in [6, 6.07) is -0.413. The summed E-state index contributed by atoms with van der Waals surface area (Å²) in [7, 11) is 1.54. The maximum absolute atomic E-state index is 12.0. The van der Waals surface area contributed by atoms with E-state index in [1.165, 1.54) is 11.9 Å². The second kappa shape index (κ2) is 5.56. The van der Waals surface area contributed by atoms with Gasteiger partial charge in [0.2, 0.25) is 5.91 Å². The molecule has 0 aromatic carbocycles. The SMILES string of the molecule is CN1CC(=O)N(CC(=O)N2CCC(CCO)C2)C1=O. The third kappa shape index (κ3) is 2.86. The molecule has 1 unspecified atom stereocenters. The summed E-state index contributed by atoms with van der Waals surface area (Å²) in [5.41, 5.74) is 0.